The third kappa shape index (κ3) is 7.11. The maximum atomic E-state index is 12.8. The quantitative estimate of drug-likeness (QED) is 0.282. The summed E-state index contributed by atoms with van der Waals surface area (Å²) in [5.41, 5.74) is 10.2. The van der Waals surface area contributed by atoms with Crippen LogP contribution in [0.2, 0.25) is 0 Å². The van der Waals surface area contributed by atoms with Crippen molar-refractivity contribution in [3.63, 3.8) is 0 Å². The summed E-state index contributed by atoms with van der Waals surface area (Å²) >= 11 is 0. The molecule has 2 fully saturated rings. The Morgan fingerprint density at radius 3 is 2.45 bits per heavy atom. The number of alkyl halides is 3. The predicted octanol–water partition coefficient (Wildman–Crippen LogP) is 7.58. The van der Waals surface area contributed by atoms with Crippen molar-refractivity contribution in [2.75, 3.05) is 6.54 Å². The van der Waals surface area contributed by atoms with Crippen molar-refractivity contribution in [1.29, 1.82) is 0 Å². The molecule has 0 radical (unpaired) electrons. The van der Waals surface area contributed by atoms with Crippen LogP contribution in [0.1, 0.15) is 69.8 Å². The van der Waals surface area contributed by atoms with Gasteiger partial charge in [-0.1, -0.05) is 37.5 Å². The molecule has 206 valence electrons. The van der Waals surface area contributed by atoms with Crippen molar-refractivity contribution in [3.05, 3.63) is 54.2 Å². The minimum absolute atomic E-state index is 0.195. The lowest BCUT2D eigenvalue weighted by atomic mass is 9.89. The van der Waals surface area contributed by atoms with Gasteiger partial charge in [-0.15, -0.1) is 13.2 Å². The summed E-state index contributed by atoms with van der Waals surface area (Å²) < 4.78 is 44.9. The molecule has 4 nitrogen and oxygen atoms in total. The number of nitrogens with two attached hydrogens (primary N) is 1. The number of fused-ring (bicyclic) bond motifs is 1. The van der Waals surface area contributed by atoms with Gasteiger partial charge < -0.3 is 20.4 Å². The van der Waals surface area contributed by atoms with Gasteiger partial charge >= 0.3 is 6.36 Å². The van der Waals surface area contributed by atoms with Gasteiger partial charge in [-0.2, -0.15) is 0 Å². The number of ether oxygens (including phenoxy) is 1. The SMILES string of the molecule is NC1CCC(NCCCc2cn(CC3CCCCC3)c3ccc(-c4cccc(OC(F)(F)F)c4)cc23)CC1. The van der Waals surface area contributed by atoms with Gasteiger partial charge in [-0.05, 0) is 105 Å². The lowest BCUT2D eigenvalue weighted by Gasteiger charge is -2.26. The highest BCUT2D eigenvalue weighted by Crippen LogP contribution is 2.33. The van der Waals surface area contributed by atoms with E-state index < -0.39 is 6.36 Å². The van der Waals surface area contributed by atoms with Gasteiger partial charge in [0.05, 0.1) is 0 Å². The molecule has 0 aliphatic heterocycles. The number of rotatable bonds is 9. The molecule has 1 heterocycles. The molecule has 3 N–H and O–H groups in total. The number of nitrogens with one attached hydrogen (secondary N) is 1. The average Bonchev–Trinajstić information content (AvgIpc) is 3.24. The van der Waals surface area contributed by atoms with E-state index in [2.05, 4.69) is 33.0 Å². The molecule has 2 saturated carbocycles. The van der Waals surface area contributed by atoms with Crippen molar-refractivity contribution in [2.24, 2.45) is 11.7 Å². The first-order valence-electron chi connectivity index (χ1n) is 14.3. The number of hydrogen-bond donors (Lipinski definition) is 2. The first kappa shape index (κ1) is 27.1. The number of halogens is 3. The Bertz CT molecular complexity index is 1190. The predicted molar refractivity (Wildman–Crippen MR) is 147 cm³/mol. The molecule has 0 atom stereocenters. The second-order valence-corrected chi connectivity index (χ2v) is 11.3. The van der Waals surface area contributed by atoms with Crippen molar-refractivity contribution >= 4 is 10.9 Å². The Labute approximate surface area is 223 Å². The van der Waals surface area contributed by atoms with E-state index in [1.807, 2.05) is 12.1 Å². The topological polar surface area (TPSA) is 52.2 Å². The molecule has 2 aliphatic carbocycles. The van der Waals surface area contributed by atoms with Gasteiger partial charge in [-0.25, -0.2) is 0 Å². The molecule has 0 saturated heterocycles. The van der Waals surface area contributed by atoms with Crippen LogP contribution in [0.25, 0.3) is 22.0 Å². The van der Waals surface area contributed by atoms with Crippen LogP contribution in [0, 0.1) is 5.92 Å². The number of aryl methyl sites for hydroxylation is 1. The maximum Gasteiger partial charge on any atom is 0.573 e. The largest absolute Gasteiger partial charge is 0.573 e. The van der Waals surface area contributed by atoms with Crippen molar-refractivity contribution < 1.29 is 17.9 Å². The summed E-state index contributed by atoms with van der Waals surface area (Å²) in [4.78, 5) is 0. The molecule has 0 bridgehead atoms. The second-order valence-electron chi connectivity index (χ2n) is 11.3. The van der Waals surface area contributed by atoms with Gasteiger partial charge in [0, 0.05) is 35.7 Å². The summed E-state index contributed by atoms with van der Waals surface area (Å²) in [6.07, 6.45) is 10.7. The van der Waals surface area contributed by atoms with Crippen LogP contribution in [0.5, 0.6) is 5.75 Å². The fraction of sp³-hybridized carbons (Fsp3) is 0.548. The monoisotopic (exact) mass is 527 g/mol. The van der Waals surface area contributed by atoms with E-state index in [0.717, 1.165) is 62.7 Å². The summed E-state index contributed by atoms with van der Waals surface area (Å²) in [5.74, 6) is 0.516. The van der Waals surface area contributed by atoms with Gasteiger partial charge in [0.15, 0.2) is 0 Å². The van der Waals surface area contributed by atoms with E-state index >= 15 is 0 Å². The number of nitrogens with zero attached hydrogens (tertiary/aromatic N) is 1. The van der Waals surface area contributed by atoms with Crippen LogP contribution >= 0.6 is 0 Å². The Morgan fingerprint density at radius 2 is 1.68 bits per heavy atom. The molecular weight excluding hydrogens is 487 g/mol. The van der Waals surface area contributed by atoms with Crippen molar-refractivity contribution in [1.82, 2.24) is 9.88 Å². The molecule has 7 heteroatoms. The molecule has 5 rings (SSSR count). The fourth-order valence-electron chi connectivity index (χ4n) is 6.33. The molecule has 38 heavy (non-hydrogen) atoms. The number of hydrogen-bond acceptors (Lipinski definition) is 3. The van der Waals surface area contributed by atoms with Crippen LogP contribution in [0.15, 0.2) is 48.7 Å². The normalized spacial score (nSPS) is 21.2. The summed E-state index contributed by atoms with van der Waals surface area (Å²) in [6.45, 7) is 2.01. The van der Waals surface area contributed by atoms with E-state index in [1.54, 1.807) is 6.07 Å². The summed E-state index contributed by atoms with van der Waals surface area (Å²) in [5, 5.41) is 4.93. The smallest absolute Gasteiger partial charge is 0.406 e. The highest BCUT2D eigenvalue weighted by molar-refractivity contribution is 5.89. The fourth-order valence-corrected chi connectivity index (χ4v) is 6.33. The summed E-state index contributed by atoms with van der Waals surface area (Å²) in [6, 6.07) is 13.5. The van der Waals surface area contributed by atoms with Gasteiger partial charge in [0.1, 0.15) is 5.75 Å². The Hall–Kier alpha value is -2.51. The maximum absolute atomic E-state index is 12.8. The van der Waals surface area contributed by atoms with E-state index in [1.165, 1.54) is 60.7 Å². The highest BCUT2D eigenvalue weighted by Gasteiger charge is 2.31. The lowest BCUT2D eigenvalue weighted by molar-refractivity contribution is -0.274. The first-order chi connectivity index (χ1) is 18.3. The Morgan fingerprint density at radius 1 is 0.921 bits per heavy atom. The average molecular weight is 528 g/mol. The second kappa shape index (κ2) is 12.1. The third-order valence-electron chi connectivity index (χ3n) is 8.37. The zero-order valence-electron chi connectivity index (χ0n) is 22.1. The number of benzene rings is 2. The molecule has 3 aromatic rings. The number of aromatic nitrogens is 1. The van der Waals surface area contributed by atoms with Crippen LogP contribution in [0.4, 0.5) is 13.2 Å². The van der Waals surface area contributed by atoms with E-state index in [4.69, 9.17) is 5.73 Å². The highest BCUT2D eigenvalue weighted by atomic mass is 19.4. The molecule has 1 aromatic heterocycles. The minimum Gasteiger partial charge on any atom is -0.406 e. The molecule has 0 spiro atoms. The first-order valence-corrected chi connectivity index (χ1v) is 14.3. The summed E-state index contributed by atoms with van der Waals surface area (Å²) in [7, 11) is 0. The Kier molecular flexibility index (Phi) is 8.64. The van der Waals surface area contributed by atoms with Gasteiger partial charge in [0.2, 0.25) is 0 Å². The molecule has 2 aromatic carbocycles. The van der Waals surface area contributed by atoms with E-state index in [-0.39, 0.29) is 5.75 Å². The van der Waals surface area contributed by atoms with Crippen molar-refractivity contribution in [3.8, 4) is 16.9 Å². The van der Waals surface area contributed by atoms with Crippen molar-refractivity contribution in [2.45, 2.75) is 95.6 Å². The van der Waals surface area contributed by atoms with E-state index in [0.29, 0.717) is 18.0 Å². The zero-order chi connectivity index (χ0) is 26.5. The van der Waals surface area contributed by atoms with Crippen LogP contribution < -0.4 is 15.8 Å². The lowest BCUT2D eigenvalue weighted by Crippen LogP contribution is -2.37. The molecular formula is C31H40F3N3O. The van der Waals surface area contributed by atoms with E-state index in [9.17, 15) is 13.2 Å². The van der Waals surface area contributed by atoms with Gasteiger partial charge in [0.25, 0.3) is 0 Å². The minimum atomic E-state index is -4.70. The zero-order valence-corrected chi connectivity index (χ0v) is 22.1. The standard InChI is InChI=1S/C31H40F3N3O/c32-31(33,34)38-28-10-4-8-23(18-28)24-11-16-30-29(19-24)25(21-37(30)20-22-6-2-1-3-7-22)9-5-17-36-27-14-12-26(35)13-15-27/h4,8,10-11,16,18-19,21-22,26-27,36H,1-3,5-7,9,12-15,17,20,35H2. The van der Waals surface area contributed by atoms with Crippen LogP contribution in [-0.2, 0) is 13.0 Å². The third-order valence-corrected chi connectivity index (χ3v) is 8.37. The molecule has 0 unspecified atom stereocenters. The van der Waals surface area contributed by atoms with Crippen LogP contribution in [-0.4, -0.2) is 29.6 Å². The molecule has 0 amide bonds. The Balaban J connectivity index is 1.35. The van der Waals surface area contributed by atoms with Gasteiger partial charge in [-0.3, -0.25) is 0 Å². The van der Waals surface area contributed by atoms with Crippen LogP contribution in [0.3, 0.4) is 0 Å². The molecule has 2 aliphatic rings.